The Labute approximate surface area is 192 Å². The maximum absolute atomic E-state index is 12.8. The Bertz CT molecular complexity index is 1230. The van der Waals surface area contributed by atoms with Crippen molar-refractivity contribution in [1.29, 1.82) is 0 Å². The summed E-state index contributed by atoms with van der Waals surface area (Å²) in [5, 5.41) is 0.652. The Morgan fingerprint density at radius 3 is 2.31 bits per heavy atom. The van der Waals surface area contributed by atoms with Crippen LogP contribution in [0.2, 0.25) is 5.02 Å². The van der Waals surface area contributed by atoms with Gasteiger partial charge in [-0.05, 0) is 35.9 Å². The molecule has 0 radical (unpaired) electrons. The highest BCUT2D eigenvalue weighted by Gasteiger charge is 2.23. The smallest absolute Gasteiger partial charge is 0.227 e. The zero-order chi connectivity index (χ0) is 21.9. The lowest BCUT2D eigenvalue weighted by atomic mass is 10.1. The maximum Gasteiger partial charge on any atom is 0.227 e. The molecule has 0 saturated carbocycles. The number of halogens is 1. The van der Waals surface area contributed by atoms with E-state index in [4.69, 9.17) is 16.6 Å². The lowest BCUT2D eigenvalue weighted by molar-refractivity contribution is -0.132. The molecular weight excluding hydrogens is 420 g/mol. The third kappa shape index (κ3) is 4.27. The van der Waals surface area contributed by atoms with Crippen LogP contribution in [0.4, 0.5) is 0 Å². The number of carbonyl (C=O) groups is 1. The van der Waals surface area contributed by atoms with Gasteiger partial charge in [0.05, 0.1) is 24.0 Å². The van der Waals surface area contributed by atoms with Crippen molar-refractivity contribution in [3.8, 4) is 5.69 Å². The Hall–Kier alpha value is -3.15. The first-order chi connectivity index (χ1) is 15.7. The van der Waals surface area contributed by atoms with Gasteiger partial charge in [-0.1, -0.05) is 60.1 Å². The summed E-state index contributed by atoms with van der Waals surface area (Å²) >= 11 is 6.23. The second-order valence-corrected chi connectivity index (χ2v) is 8.52. The Morgan fingerprint density at radius 2 is 1.53 bits per heavy atom. The number of para-hydroxylation sites is 3. The minimum Gasteiger partial charge on any atom is -0.340 e. The molecule has 0 aliphatic carbocycles. The Balaban J connectivity index is 1.29. The largest absolute Gasteiger partial charge is 0.340 e. The van der Waals surface area contributed by atoms with Crippen LogP contribution in [-0.2, 0) is 17.8 Å². The van der Waals surface area contributed by atoms with E-state index in [0.29, 0.717) is 11.4 Å². The third-order valence-corrected chi connectivity index (χ3v) is 6.40. The van der Waals surface area contributed by atoms with Crippen molar-refractivity contribution in [2.45, 2.75) is 13.0 Å². The molecule has 0 bridgehead atoms. The van der Waals surface area contributed by atoms with Crippen molar-refractivity contribution in [3.63, 3.8) is 0 Å². The van der Waals surface area contributed by atoms with Gasteiger partial charge in [-0.3, -0.25) is 14.3 Å². The van der Waals surface area contributed by atoms with Crippen LogP contribution in [0, 0.1) is 0 Å². The lowest BCUT2D eigenvalue weighted by Gasteiger charge is -2.34. The van der Waals surface area contributed by atoms with Crippen LogP contribution in [0.1, 0.15) is 11.4 Å². The molecule has 2 heterocycles. The first kappa shape index (κ1) is 20.7. The van der Waals surface area contributed by atoms with Gasteiger partial charge in [-0.25, -0.2) is 4.98 Å². The van der Waals surface area contributed by atoms with E-state index in [0.717, 1.165) is 60.8 Å². The van der Waals surface area contributed by atoms with Gasteiger partial charge in [0.1, 0.15) is 5.82 Å². The van der Waals surface area contributed by atoms with E-state index in [-0.39, 0.29) is 5.91 Å². The predicted molar refractivity (Wildman–Crippen MR) is 128 cm³/mol. The summed E-state index contributed by atoms with van der Waals surface area (Å²) in [6.07, 6.45) is 0.351. The van der Waals surface area contributed by atoms with Gasteiger partial charge >= 0.3 is 0 Å². The normalized spacial score (nSPS) is 14.7. The van der Waals surface area contributed by atoms with Gasteiger partial charge in [0.15, 0.2) is 0 Å². The van der Waals surface area contributed by atoms with Crippen LogP contribution in [0.3, 0.4) is 0 Å². The van der Waals surface area contributed by atoms with Gasteiger partial charge in [-0.15, -0.1) is 0 Å². The Kier molecular flexibility index (Phi) is 5.93. The van der Waals surface area contributed by atoms with Crippen LogP contribution in [0.25, 0.3) is 16.7 Å². The van der Waals surface area contributed by atoms with Crippen LogP contribution in [0.5, 0.6) is 0 Å². The molecule has 0 spiro atoms. The van der Waals surface area contributed by atoms with E-state index >= 15 is 0 Å². The van der Waals surface area contributed by atoms with E-state index in [2.05, 4.69) is 51.9 Å². The van der Waals surface area contributed by atoms with Gasteiger partial charge in [-0.2, -0.15) is 0 Å². The molecule has 4 aromatic rings. The molecule has 1 aliphatic heterocycles. The number of rotatable bonds is 5. The summed E-state index contributed by atoms with van der Waals surface area (Å²) in [5.41, 5.74) is 4.12. The number of nitrogens with zero attached hydrogens (tertiary/aromatic N) is 4. The fourth-order valence-electron chi connectivity index (χ4n) is 4.32. The number of hydrogen-bond donors (Lipinski definition) is 0. The fourth-order valence-corrected chi connectivity index (χ4v) is 4.52. The topological polar surface area (TPSA) is 41.4 Å². The summed E-state index contributed by atoms with van der Waals surface area (Å²) in [4.78, 5) is 22.0. The quantitative estimate of drug-likeness (QED) is 0.453. The number of fused-ring (bicyclic) bond motifs is 1. The van der Waals surface area contributed by atoms with E-state index in [1.165, 1.54) is 0 Å². The maximum atomic E-state index is 12.8. The number of hydrogen-bond acceptors (Lipinski definition) is 3. The van der Waals surface area contributed by atoms with Gasteiger partial charge in [0.25, 0.3) is 0 Å². The van der Waals surface area contributed by atoms with Crippen LogP contribution < -0.4 is 0 Å². The van der Waals surface area contributed by atoms with E-state index in [1.807, 2.05) is 41.3 Å². The van der Waals surface area contributed by atoms with Crippen molar-refractivity contribution in [2.75, 3.05) is 26.2 Å². The number of carbonyl (C=O) groups excluding carboxylic acids is 1. The van der Waals surface area contributed by atoms with E-state index in [9.17, 15) is 4.79 Å². The fraction of sp³-hybridized carbons (Fsp3) is 0.231. The molecule has 1 amide bonds. The summed E-state index contributed by atoms with van der Waals surface area (Å²) in [6, 6.07) is 26.2. The molecule has 3 aromatic carbocycles. The summed E-state index contributed by atoms with van der Waals surface area (Å²) in [6.45, 7) is 3.83. The number of piperazine rings is 1. The molecule has 1 saturated heterocycles. The predicted octanol–water partition coefficient (Wildman–Crippen LogP) is 4.57. The lowest BCUT2D eigenvalue weighted by Crippen LogP contribution is -2.48. The van der Waals surface area contributed by atoms with Crippen molar-refractivity contribution < 1.29 is 4.79 Å². The first-order valence-corrected chi connectivity index (χ1v) is 11.3. The molecule has 6 heteroatoms. The highest BCUT2D eigenvalue weighted by molar-refractivity contribution is 6.31. The number of amides is 1. The second kappa shape index (κ2) is 9.15. The van der Waals surface area contributed by atoms with Crippen LogP contribution in [-0.4, -0.2) is 51.4 Å². The first-order valence-electron chi connectivity index (χ1n) is 10.9. The molecule has 1 aromatic heterocycles. The molecule has 0 N–H and O–H groups in total. The third-order valence-electron chi connectivity index (χ3n) is 6.03. The zero-order valence-electron chi connectivity index (χ0n) is 17.8. The van der Waals surface area contributed by atoms with Crippen molar-refractivity contribution in [3.05, 3.63) is 95.3 Å². The minimum atomic E-state index is 0.134. The van der Waals surface area contributed by atoms with Crippen LogP contribution >= 0.6 is 11.6 Å². The summed E-state index contributed by atoms with van der Waals surface area (Å²) < 4.78 is 2.24. The molecule has 5 rings (SSSR count). The molecular formula is C26H25ClN4O. The van der Waals surface area contributed by atoms with Crippen molar-refractivity contribution >= 4 is 28.5 Å². The molecule has 1 aliphatic rings. The molecule has 32 heavy (non-hydrogen) atoms. The summed E-state index contributed by atoms with van der Waals surface area (Å²) in [5.74, 6) is 1.16. The average molecular weight is 445 g/mol. The number of imidazole rings is 1. The second-order valence-electron chi connectivity index (χ2n) is 8.11. The van der Waals surface area contributed by atoms with Crippen molar-refractivity contribution in [1.82, 2.24) is 19.4 Å². The molecule has 0 atom stereocenters. The SMILES string of the molecule is O=C(Cc1ccccc1Cl)N1CCN(Cc2nc3ccccc3n2-c2ccccc2)CC1. The van der Waals surface area contributed by atoms with E-state index < -0.39 is 0 Å². The van der Waals surface area contributed by atoms with Gasteiger partial charge < -0.3 is 4.90 Å². The monoisotopic (exact) mass is 444 g/mol. The Morgan fingerprint density at radius 1 is 0.844 bits per heavy atom. The highest BCUT2D eigenvalue weighted by atomic mass is 35.5. The molecule has 5 nitrogen and oxygen atoms in total. The van der Waals surface area contributed by atoms with Crippen molar-refractivity contribution in [2.24, 2.45) is 0 Å². The average Bonchev–Trinajstić information content (AvgIpc) is 3.19. The molecule has 0 unspecified atom stereocenters. The zero-order valence-corrected chi connectivity index (χ0v) is 18.6. The standard InChI is InChI=1S/C26H25ClN4O/c27-22-11-5-4-8-20(22)18-26(32)30-16-14-29(15-17-30)19-25-28-23-12-6-7-13-24(23)31(25)21-9-2-1-3-10-21/h1-13H,14-19H2. The van der Waals surface area contributed by atoms with Crippen LogP contribution in [0.15, 0.2) is 78.9 Å². The number of aromatic nitrogens is 2. The molecule has 162 valence electrons. The highest BCUT2D eigenvalue weighted by Crippen LogP contribution is 2.23. The molecule has 1 fully saturated rings. The summed E-state index contributed by atoms with van der Waals surface area (Å²) in [7, 11) is 0. The van der Waals surface area contributed by atoms with Gasteiger partial charge in [0, 0.05) is 36.9 Å². The number of benzene rings is 3. The van der Waals surface area contributed by atoms with Gasteiger partial charge in [0.2, 0.25) is 5.91 Å². The van der Waals surface area contributed by atoms with E-state index in [1.54, 1.807) is 0 Å². The minimum absolute atomic E-state index is 0.134.